The molecule has 2 aromatic heterocycles. The second-order valence-corrected chi connectivity index (χ2v) is 7.99. The molecule has 0 radical (unpaired) electrons. The molecule has 0 spiro atoms. The Morgan fingerprint density at radius 1 is 1.10 bits per heavy atom. The number of thiophene rings is 1. The lowest BCUT2D eigenvalue weighted by Gasteiger charge is -2.31. The van der Waals surface area contributed by atoms with Gasteiger partial charge in [0.25, 0.3) is 5.91 Å². The summed E-state index contributed by atoms with van der Waals surface area (Å²) in [4.78, 5) is 28.5. The molecule has 3 aromatic rings. The number of para-hydroxylation sites is 1. The highest BCUT2D eigenvalue weighted by Crippen LogP contribution is 2.34. The van der Waals surface area contributed by atoms with Crippen LogP contribution in [-0.4, -0.2) is 17.9 Å². The number of nitrogens with zero attached hydrogens (tertiary/aromatic N) is 1. The largest absolute Gasteiger partial charge is 0.459 e. The number of amides is 2. The smallest absolute Gasteiger partial charge is 0.295 e. The first-order valence-electron chi connectivity index (χ1n) is 9.60. The van der Waals surface area contributed by atoms with Gasteiger partial charge in [-0.2, -0.15) is 0 Å². The van der Waals surface area contributed by atoms with E-state index >= 15 is 0 Å². The van der Waals surface area contributed by atoms with Gasteiger partial charge in [-0.15, -0.1) is 11.3 Å². The van der Waals surface area contributed by atoms with Gasteiger partial charge in [-0.3, -0.25) is 14.5 Å². The third-order valence-corrected chi connectivity index (χ3v) is 6.01. The van der Waals surface area contributed by atoms with Crippen molar-refractivity contribution in [3.05, 3.63) is 76.6 Å². The van der Waals surface area contributed by atoms with Gasteiger partial charge in [0.15, 0.2) is 11.8 Å². The molecule has 1 aliphatic rings. The summed E-state index contributed by atoms with van der Waals surface area (Å²) in [5.74, 6) is -1.42. The second-order valence-electron chi connectivity index (χ2n) is 7.01. The second kappa shape index (κ2) is 8.61. The van der Waals surface area contributed by atoms with E-state index in [1.54, 1.807) is 24.3 Å². The van der Waals surface area contributed by atoms with Gasteiger partial charge in [-0.25, -0.2) is 4.39 Å². The fraction of sp³-hybridized carbons (Fsp3) is 0.273. The average molecular weight is 412 g/mol. The van der Waals surface area contributed by atoms with Crippen molar-refractivity contribution in [3.8, 4) is 0 Å². The topological polar surface area (TPSA) is 62.6 Å². The minimum atomic E-state index is -0.995. The number of carbonyl (C=O) groups is 2. The molecule has 1 saturated carbocycles. The summed E-state index contributed by atoms with van der Waals surface area (Å²) in [5.41, 5.74) is 0.0360. The van der Waals surface area contributed by atoms with Crippen LogP contribution in [0.4, 0.5) is 10.1 Å². The Morgan fingerprint density at radius 3 is 2.55 bits per heavy atom. The van der Waals surface area contributed by atoms with E-state index in [2.05, 4.69) is 5.32 Å². The van der Waals surface area contributed by atoms with E-state index in [-0.39, 0.29) is 23.4 Å². The molecule has 1 fully saturated rings. The third-order valence-electron chi connectivity index (χ3n) is 5.08. The molecule has 1 unspecified atom stereocenters. The third kappa shape index (κ3) is 4.10. The van der Waals surface area contributed by atoms with Gasteiger partial charge in [-0.1, -0.05) is 31.0 Å². The molecule has 1 aliphatic carbocycles. The molecule has 1 aromatic carbocycles. The number of anilines is 1. The van der Waals surface area contributed by atoms with Crippen LogP contribution in [0, 0.1) is 5.82 Å². The maximum absolute atomic E-state index is 14.8. The molecule has 1 atom stereocenters. The van der Waals surface area contributed by atoms with Gasteiger partial charge < -0.3 is 9.73 Å². The number of rotatable bonds is 6. The first-order valence-corrected chi connectivity index (χ1v) is 10.5. The highest BCUT2D eigenvalue weighted by Gasteiger charge is 2.37. The Bertz CT molecular complexity index is 966. The van der Waals surface area contributed by atoms with Crippen LogP contribution >= 0.6 is 11.3 Å². The molecular weight excluding hydrogens is 391 g/mol. The highest BCUT2D eigenvalue weighted by atomic mass is 32.1. The molecule has 29 heavy (non-hydrogen) atoms. The number of hydrogen-bond acceptors (Lipinski definition) is 4. The molecule has 2 heterocycles. The predicted octanol–water partition coefficient (Wildman–Crippen LogP) is 4.93. The maximum Gasteiger partial charge on any atom is 0.295 e. The summed E-state index contributed by atoms with van der Waals surface area (Å²) in [6, 6.07) is 11.7. The number of nitrogens with one attached hydrogen (secondary N) is 1. The Morgan fingerprint density at radius 2 is 1.90 bits per heavy atom. The quantitative estimate of drug-likeness (QED) is 0.625. The highest BCUT2D eigenvalue weighted by molar-refractivity contribution is 7.10. The van der Waals surface area contributed by atoms with Gasteiger partial charge >= 0.3 is 0 Å². The molecule has 1 N–H and O–H groups in total. The number of hydrogen-bond donors (Lipinski definition) is 1. The van der Waals surface area contributed by atoms with Gasteiger partial charge in [0.1, 0.15) is 5.82 Å². The van der Waals surface area contributed by atoms with E-state index in [0.717, 1.165) is 25.7 Å². The van der Waals surface area contributed by atoms with E-state index in [4.69, 9.17) is 4.42 Å². The summed E-state index contributed by atoms with van der Waals surface area (Å²) < 4.78 is 20.0. The molecule has 4 rings (SSSR count). The summed E-state index contributed by atoms with van der Waals surface area (Å²) >= 11 is 1.35. The van der Waals surface area contributed by atoms with E-state index in [1.165, 1.54) is 40.7 Å². The van der Waals surface area contributed by atoms with Crippen molar-refractivity contribution in [1.82, 2.24) is 5.32 Å². The summed E-state index contributed by atoms with van der Waals surface area (Å²) in [5, 5.41) is 4.89. The number of benzene rings is 1. The van der Waals surface area contributed by atoms with Gasteiger partial charge in [0.05, 0.1) is 12.0 Å². The predicted molar refractivity (Wildman–Crippen MR) is 109 cm³/mol. The molecular formula is C22H21FN2O3S. The van der Waals surface area contributed by atoms with E-state index < -0.39 is 17.8 Å². The van der Waals surface area contributed by atoms with Crippen molar-refractivity contribution in [2.45, 2.75) is 37.8 Å². The van der Waals surface area contributed by atoms with Crippen LogP contribution in [0.5, 0.6) is 0 Å². The zero-order valence-corrected chi connectivity index (χ0v) is 16.5. The Hall–Kier alpha value is -2.93. The Balaban J connectivity index is 1.78. The standard InChI is InChI=1S/C22H21FN2O3S/c23-16-9-3-4-10-17(16)25(22(27)18-11-5-13-28-18)20(19-12-6-14-29-19)21(26)24-15-7-1-2-8-15/h3-6,9-15,20H,1-2,7-8H2,(H,24,26). The van der Waals surface area contributed by atoms with Gasteiger partial charge in [0, 0.05) is 10.9 Å². The fourth-order valence-corrected chi connectivity index (χ4v) is 4.52. The van der Waals surface area contributed by atoms with Crippen molar-refractivity contribution < 1.29 is 18.4 Å². The van der Waals surface area contributed by atoms with Crippen molar-refractivity contribution in [2.75, 3.05) is 4.90 Å². The van der Waals surface area contributed by atoms with Crippen LogP contribution in [0.3, 0.4) is 0 Å². The van der Waals surface area contributed by atoms with Crippen LogP contribution in [0.15, 0.2) is 64.6 Å². The van der Waals surface area contributed by atoms with Gasteiger partial charge in [-0.05, 0) is 48.6 Å². The van der Waals surface area contributed by atoms with Crippen LogP contribution in [0.1, 0.15) is 47.2 Å². The lowest BCUT2D eigenvalue weighted by molar-refractivity contribution is -0.123. The van der Waals surface area contributed by atoms with Crippen molar-refractivity contribution in [3.63, 3.8) is 0 Å². The minimum Gasteiger partial charge on any atom is -0.459 e. The average Bonchev–Trinajstić information content (AvgIpc) is 3.49. The van der Waals surface area contributed by atoms with E-state index in [0.29, 0.717) is 4.88 Å². The summed E-state index contributed by atoms with van der Waals surface area (Å²) in [6.45, 7) is 0. The zero-order valence-electron chi connectivity index (χ0n) is 15.7. The van der Waals surface area contributed by atoms with Crippen molar-refractivity contribution in [2.24, 2.45) is 0 Å². The molecule has 2 amide bonds. The zero-order chi connectivity index (χ0) is 20.2. The lowest BCUT2D eigenvalue weighted by Crippen LogP contribution is -2.46. The number of carbonyl (C=O) groups excluding carboxylic acids is 2. The fourth-order valence-electron chi connectivity index (χ4n) is 3.70. The van der Waals surface area contributed by atoms with E-state index in [1.807, 2.05) is 11.4 Å². The van der Waals surface area contributed by atoms with Crippen LogP contribution in [0.2, 0.25) is 0 Å². The van der Waals surface area contributed by atoms with Crippen molar-refractivity contribution >= 4 is 28.8 Å². The summed E-state index contributed by atoms with van der Waals surface area (Å²) in [7, 11) is 0. The molecule has 7 heteroatoms. The lowest BCUT2D eigenvalue weighted by atomic mass is 10.1. The number of halogens is 1. The van der Waals surface area contributed by atoms with Crippen LogP contribution in [-0.2, 0) is 4.79 Å². The molecule has 150 valence electrons. The Kier molecular flexibility index (Phi) is 5.76. The van der Waals surface area contributed by atoms with Crippen LogP contribution in [0.25, 0.3) is 0 Å². The maximum atomic E-state index is 14.8. The first-order chi connectivity index (χ1) is 14.1. The monoisotopic (exact) mass is 412 g/mol. The van der Waals surface area contributed by atoms with Crippen LogP contribution < -0.4 is 10.2 Å². The van der Waals surface area contributed by atoms with Crippen molar-refractivity contribution in [1.29, 1.82) is 0 Å². The summed E-state index contributed by atoms with van der Waals surface area (Å²) in [6.07, 6.45) is 5.34. The Labute approximate surface area is 172 Å². The minimum absolute atomic E-state index is 0.0360. The SMILES string of the molecule is O=C(NC1CCCC1)C(c1cccs1)N(C(=O)c1ccco1)c1ccccc1F. The normalized spacial score (nSPS) is 15.2. The number of furan rings is 1. The van der Waals surface area contributed by atoms with E-state index in [9.17, 15) is 14.0 Å². The molecule has 0 aliphatic heterocycles. The first kappa shape index (κ1) is 19.4. The molecule has 5 nitrogen and oxygen atoms in total. The molecule has 0 bridgehead atoms. The van der Waals surface area contributed by atoms with Gasteiger partial charge in [0.2, 0.25) is 5.91 Å². The molecule has 0 saturated heterocycles.